The van der Waals surface area contributed by atoms with Crippen LogP contribution in [0.25, 0.3) is 0 Å². The van der Waals surface area contributed by atoms with Gasteiger partial charge in [0.05, 0.1) is 0 Å². The van der Waals surface area contributed by atoms with Gasteiger partial charge in [0.25, 0.3) is 0 Å². The minimum Gasteiger partial charge on any atom is -0.358 e. The number of hydrogen-bond acceptors (Lipinski definition) is 6. The van der Waals surface area contributed by atoms with Crippen molar-refractivity contribution in [2.45, 2.75) is 6.92 Å². The van der Waals surface area contributed by atoms with Gasteiger partial charge in [0.15, 0.2) is 0 Å². The van der Waals surface area contributed by atoms with E-state index < -0.39 is 0 Å². The van der Waals surface area contributed by atoms with Gasteiger partial charge in [-0.15, -0.1) is 0 Å². The van der Waals surface area contributed by atoms with Crippen molar-refractivity contribution in [3.63, 3.8) is 0 Å². The zero-order valence-corrected chi connectivity index (χ0v) is 10.4. The molecular formula is C10H20N6. The van der Waals surface area contributed by atoms with Crippen LogP contribution in [0.2, 0.25) is 0 Å². The Labute approximate surface area is 96.4 Å². The van der Waals surface area contributed by atoms with E-state index in [9.17, 15) is 0 Å². The summed E-state index contributed by atoms with van der Waals surface area (Å²) in [6.07, 6.45) is 0. The molecular weight excluding hydrogens is 204 g/mol. The third-order valence-electron chi connectivity index (χ3n) is 2.24. The Morgan fingerprint density at radius 3 is 2.50 bits per heavy atom. The first-order chi connectivity index (χ1) is 7.52. The Balaban J connectivity index is 2.74. The molecule has 0 radical (unpaired) electrons. The van der Waals surface area contributed by atoms with Crippen LogP contribution >= 0.6 is 0 Å². The molecule has 0 unspecified atom stereocenters. The van der Waals surface area contributed by atoms with E-state index >= 15 is 0 Å². The van der Waals surface area contributed by atoms with Crippen LogP contribution < -0.4 is 16.2 Å². The molecule has 3 N–H and O–H groups in total. The SMILES string of the molecule is Cc1cc(N(C)CCN(C)C)nc(NN)n1. The second-order valence-corrected chi connectivity index (χ2v) is 4.06. The number of likely N-dealkylation sites (N-methyl/N-ethyl adjacent to an activating group) is 2. The van der Waals surface area contributed by atoms with E-state index in [1.807, 2.05) is 34.1 Å². The van der Waals surface area contributed by atoms with Crippen LogP contribution in [0.15, 0.2) is 6.07 Å². The summed E-state index contributed by atoms with van der Waals surface area (Å²) in [4.78, 5) is 12.6. The van der Waals surface area contributed by atoms with Crippen molar-refractivity contribution in [2.75, 3.05) is 44.6 Å². The largest absolute Gasteiger partial charge is 0.358 e. The molecule has 16 heavy (non-hydrogen) atoms. The second kappa shape index (κ2) is 5.62. The third kappa shape index (κ3) is 3.63. The van der Waals surface area contributed by atoms with Crippen LogP contribution in [-0.2, 0) is 0 Å². The first-order valence-electron chi connectivity index (χ1n) is 5.21. The normalized spacial score (nSPS) is 10.6. The molecule has 1 heterocycles. The minimum absolute atomic E-state index is 0.451. The first kappa shape index (κ1) is 12.7. The second-order valence-electron chi connectivity index (χ2n) is 4.06. The zero-order valence-electron chi connectivity index (χ0n) is 10.4. The highest BCUT2D eigenvalue weighted by molar-refractivity contribution is 5.43. The molecule has 0 aliphatic heterocycles. The number of nitrogen functional groups attached to an aromatic ring is 1. The Bertz CT molecular complexity index is 338. The number of nitrogens with two attached hydrogens (primary N) is 1. The van der Waals surface area contributed by atoms with Gasteiger partial charge in [0.2, 0.25) is 5.95 Å². The third-order valence-corrected chi connectivity index (χ3v) is 2.24. The summed E-state index contributed by atoms with van der Waals surface area (Å²) >= 11 is 0. The van der Waals surface area contributed by atoms with Crippen molar-refractivity contribution in [3.05, 3.63) is 11.8 Å². The smallest absolute Gasteiger partial charge is 0.239 e. The van der Waals surface area contributed by atoms with Crippen LogP contribution in [0.3, 0.4) is 0 Å². The van der Waals surface area contributed by atoms with Gasteiger partial charge >= 0.3 is 0 Å². The number of anilines is 2. The van der Waals surface area contributed by atoms with Crippen molar-refractivity contribution in [3.8, 4) is 0 Å². The van der Waals surface area contributed by atoms with E-state index in [4.69, 9.17) is 5.84 Å². The van der Waals surface area contributed by atoms with Crippen LogP contribution in [0, 0.1) is 6.92 Å². The van der Waals surface area contributed by atoms with Crippen LogP contribution in [0.4, 0.5) is 11.8 Å². The maximum Gasteiger partial charge on any atom is 0.239 e. The van der Waals surface area contributed by atoms with Gasteiger partial charge in [-0.3, -0.25) is 5.43 Å². The average Bonchev–Trinajstić information content (AvgIpc) is 2.24. The summed E-state index contributed by atoms with van der Waals surface area (Å²) in [7, 11) is 6.10. The van der Waals surface area contributed by atoms with E-state index in [2.05, 4.69) is 25.2 Å². The molecule has 1 aromatic rings. The van der Waals surface area contributed by atoms with Gasteiger partial charge in [-0.25, -0.2) is 10.8 Å². The van der Waals surface area contributed by atoms with Crippen LogP contribution in [-0.4, -0.2) is 49.1 Å². The molecule has 0 spiro atoms. The minimum atomic E-state index is 0.451. The number of aromatic nitrogens is 2. The Morgan fingerprint density at radius 1 is 1.25 bits per heavy atom. The Kier molecular flexibility index (Phi) is 4.45. The van der Waals surface area contributed by atoms with Gasteiger partial charge in [0.1, 0.15) is 5.82 Å². The molecule has 1 rings (SSSR count). The quantitative estimate of drug-likeness (QED) is 0.545. The predicted octanol–water partition coefficient (Wildman–Crippen LogP) is 0.0684. The molecule has 0 bridgehead atoms. The molecule has 1 aromatic heterocycles. The number of nitrogens with zero attached hydrogens (tertiary/aromatic N) is 4. The highest BCUT2D eigenvalue weighted by atomic mass is 15.3. The molecule has 0 saturated heterocycles. The maximum absolute atomic E-state index is 5.31. The lowest BCUT2D eigenvalue weighted by molar-refractivity contribution is 0.416. The lowest BCUT2D eigenvalue weighted by Gasteiger charge is -2.21. The van der Waals surface area contributed by atoms with E-state index in [0.29, 0.717) is 5.95 Å². The van der Waals surface area contributed by atoms with Crippen LogP contribution in [0.5, 0.6) is 0 Å². The van der Waals surface area contributed by atoms with Gasteiger partial charge < -0.3 is 9.80 Å². The van der Waals surface area contributed by atoms with Gasteiger partial charge in [0, 0.05) is 31.9 Å². The number of aryl methyl sites for hydroxylation is 1. The Hall–Kier alpha value is -1.40. The monoisotopic (exact) mass is 224 g/mol. The summed E-state index contributed by atoms with van der Waals surface area (Å²) in [5.74, 6) is 6.64. The predicted molar refractivity (Wildman–Crippen MR) is 66.4 cm³/mol. The summed E-state index contributed by atoms with van der Waals surface area (Å²) < 4.78 is 0. The fourth-order valence-electron chi connectivity index (χ4n) is 1.28. The van der Waals surface area contributed by atoms with Gasteiger partial charge in [-0.1, -0.05) is 0 Å². The fourth-order valence-corrected chi connectivity index (χ4v) is 1.28. The van der Waals surface area contributed by atoms with E-state index in [1.54, 1.807) is 0 Å². The number of hydrazine groups is 1. The molecule has 0 saturated carbocycles. The summed E-state index contributed by atoms with van der Waals surface area (Å²) in [6, 6.07) is 1.94. The molecule has 0 amide bonds. The molecule has 6 nitrogen and oxygen atoms in total. The van der Waals surface area contributed by atoms with Gasteiger partial charge in [-0.2, -0.15) is 4.98 Å². The van der Waals surface area contributed by atoms with Crippen molar-refractivity contribution >= 4 is 11.8 Å². The summed E-state index contributed by atoms with van der Waals surface area (Å²) in [5.41, 5.74) is 3.37. The molecule has 90 valence electrons. The van der Waals surface area contributed by atoms with Crippen LogP contribution in [0.1, 0.15) is 5.69 Å². The number of nitrogens with one attached hydrogen (secondary N) is 1. The lowest BCUT2D eigenvalue weighted by Crippen LogP contribution is -2.29. The van der Waals surface area contributed by atoms with E-state index in [1.165, 1.54) is 0 Å². The standard InChI is InChI=1S/C10H20N6/c1-8-7-9(13-10(12-8)14-11)16(4)6-5-15(2)3/h7H,5-6,11H2,1-4H3,(H,12,13,14). The molecule has 0 aromatic carbocycles. The summed E-state index contributed by atoms with van der Waals surface area (Å²) in [6.45, 7) is 3.81. The van der Waals surface area contributed by atoms with Crippen molar-refractivity contribution in [1.82, 2.24) is 14.9 Å². The van der Waals surface area contributed by atoms with E-state index in [0.717, 1.165) is 24.6 Å². The average molecular weight is 224 g/mol. The first-order valence-corrected chi connectivity index (χ1v) is 5.21. The molecule has 0 aliphatic carbocycles. The van der Waals surface area contributed by atoms with Crippen molar-refractivity contribution in [1.29, 1.82) is 0 Å². The molecule has 6 heteroatoms. The topological polar surface area (TPSA) is 70.3 Å². The van der Waals surface area contributed by atoms with E-state index in [-0.39, 0.29) is 0 Å². The molecule has 0 aliphatic rings. The number of rotatable bonds is 5. The highest BCUT2D eigenvalue weighted by Gasteiger charge is 2.06. The zero-order chi connectivity index (χ0) is 12.1. The maximum atomic E-state index is 5.31. The summed E-state index contributed by atoms with van der Waals surface area (Å²) in [5, 5.41) is 0. The molecule has 0 atom stereocenters. The Morgan fingerprint density at radius 2 is 1.94 bits per heavy atom. The van der Waals surface area contributed by atoms with Gasteiger partial charge in [-0.05, 0) is 21.0 Å². The highest BCUT2D eigenvalue weighted by Crippen LogP contribution is 2.12. The van der Waals surface area contributed by atoms with Crippen molar-refractivity contribution in [2.24, 2.45) is 5.84 Å². The van der Waals surface area contributed by atoms with Crippen molar-refractivity contribution < 1.29 is 0 Å². The lowest BCUT2D eigenvalue weighted by atomic mass is 10.4. The molecule has 0 fully saturated rings. The number of hydrogen-bond donors (Lipinski definition) is 2. The fraction of sp³-hybridized carbons (Fsp3) is 0.600.